The number of amides is 1. The van der Waals surface area contributed by atoms with E-state index in [0.29, 0.717) is 49.2 Å². The zero-order valence-corrected chi connectivity index (χ0v) is 34.2. The molecular formula is C43H43Cl2N5O7S. The van der Waals surface area contributed by atoms with Crippen molar-refractivity contribution >= 4 is 56.2 Å². The zero-order chi connectivity index (χ0) is 40.8. The van der Waals surface area contributed by atoms with Gasteiger partial charge in [0.1, 0.15) is 17.2 Å². The summed E-state index contributed by atoms with van der Waals surface area (Å²) in [5.74, 6) is -0.593. The van der Waals surface area contributed by atoms with Crippen LogP contribution in [-0.4, -0.2) is 83.2 Å². The Labute approximate surface area is 348 Å². The van der Waals surface area contributed by atoms with E-state index in [2.05, 4.69) is 32.7 Å². The van der Waals surface area contributed by atoms with Crippen LogP contribution in [-0.2, 0) is 21.2 Å². The molecule has 1 N–H and O–H groups in total. The lowest BCUT2D eigenvalue weighted by atomic mass is 9.97. The number of nitrogens with zero attached hydrogens (tertiary/aromatic N) is 4. The summed E-state index contributed by atoms with van der Waals surface area (Å²) in [4.78, 5) is 31.3. The number of anilines is 2. The summed E-state index contributed by atoms with van der Waals surface area (Å²) in [5, 5.41) is 13.2. The molecule has 7 rings (SSSR count). The molecule has 0 saturated carbocycles. The van der Waals surface area contributed by atoms with Gasteiger partial charge in [-0.05, 0) is 84.5 Å². The first-order chi connectivity index (χ1) is 28.0. The number of carbonyl (C=O) groups is 1. The Morgan fingerprint density at radius 3 is 2.33 bits per heavy atom. The Hall–Kier alpha value is -5.18. The van der Waals surface area contributed by atoms with E-state index in [4.69, 9.17) is 32.7 Å². The molecule has 0 aromatic heterocycles. The number of hydrogen-bond donors (Lipinski definition) is 1. The van der Waals surface area contributed by atoms with Crippen molar-refractivity contribution in [3.8, 4) is 22.6 Å². The average molecular weight is 845 g/mol. The Balaban J connectivity index is 1.06. The second-order valence-corrected chi connectivity index (χ2v) is 16.8. The van der Waals surface area contributed by atoms with Crippen molar-refractivity contribution < 1.29 is 27.6 Å². The zero-order valence-electron chi connectivity index (χ0n) is 31.9. The summed E-state index contributed by atoms with van der Waals surface area (Å²) in [6.45, 7) is 4.98. The highest BCUT2D eigenvalue weighted by Gasteiger charge is 2.29. The van der Waals surface area contributed by atoms with Gasteiger partial charge in [0.2, 0.25) is 0 Å². The Morgan fingerprint density at radius 1 is 0.897 bits per heavy atom. The molecule has 0 aliphatic carbocycles. The average Bonchev–Trinajstić information content (AvgIpc) is 3.24. The lowest BCUT2D eigenvalue weighted by molar-refractivity contribution is -0.384. The smallest absolute Gasteiger partial charge is 0.293 e. The van der Waals surface area contributed by atoms with Gasteiger partial charge in [0.25, 0.3) is 21.6 Å². The molecular weight excluding hydrogens is 801 g/mol. The van der Waals surface area contributed by atoms with E-state index < -0.39 is 25.7 Å². The van der Waals surface area contributed by atoms with Gasteiger partial charge < -0.3 is 19.3 Å². The number of nitro groups is 1. The molecule has 2 fully saturated rings. The maximum Gasteiger partial charge on any atom is 0.293 e. The molecule has 2 saturated heterocycles. The number of hydrogen-bond acceptors (Lipinski definition) is 10. The van der Waals surface area contributed by atoms with Crippen LogP contribution in [0.2, 0.25) is 10.0 Å². The summed E-state index contributed by atoms with van der Waals surface area (Å²) in [6.07, 6.45) is 2.24. The van der Waals surface area contributed by atoms with Crippen molar-refractivity contribution in [3.05, 3.63) is 140 Å². The number of ether oxygens (including phenoxy) is 2. The molecule has 0 unspecified atom stereocenters. The third-order valence-electron chi connectivity index (χ3n) is 10.7. The molecule has 302 valence electrons. The van der Waals surface area contributed by atoms with E-state index >= 15 is 0 Å². The largest absolute Gasteiger partial charge is 0.455 e. The Morgan fingerprint density at radius 2 is 1.60 bits per heavy atom. The molecule has 2 heterocycles. The van der Waals surface area contributed by atoms with Gasteiger partial charge in [-0.2, -0.15) is 0 Å². The standard InChI is InChI=1S/C43H43Cl2N5O7S/c1-47(33-19-26-56-27-20-33)39-17-15-35(29-40(39)50(52)53)58(54,55)46-43(51)37-16-14-34(28-42(37)57-41-9-5-4-8-38(41)45)49-24-22-48(23-25-49)21-18-30-6-2-3-7-36(30)31-10-12-32(44)13-11-31/h2-17,28-29,33H,18-27H2,1H3,(H,46,51). The molecule has 0 radical (unpaired) electrons. The quantitative estimate of drug-likeness (QED) is 0.0909. The monoisotopic (exact) mass is 843 g/mol. The molecule has 5 aromatic rings. The lowest BCUT2D eigenvalue weighted by Gasteiger charge is -2.36. The molecule has 1 amide bonds. The number of para-hydroxylation sites is 1. The topological polar surface area (TPSA) is 135 Å². The first kappa shape index (κ1) is 41.0. The number of halogens is 2. The number of rotatable bonds is 13. The summed E-state index contributed by atoms with van der Waals surface area (Å²) in [6, 6.07) is 31.7. The molecule has 58 heavy (non-hydrogen) atoms. The third-order valence-corrected chi connectivity index (χ3v) is 12.6. The van der Waals surface area contributed by atoms with E-state index in [1.54, 1.807) is 48.3 Å². The van der Waals surface area contributed by atoms with Crippen molar-refractivity contribution in [2.45, 2.75) is 30.2 Å². The Kier molecular flexibility index (Phi) is 12.8. The molecule has 15 heteroatoms. The van der Waals surface area contributed by atoms with Gasteiger partial charge in [0.05, 0.1) is 20.4 Å². The van der Waals surface area contributed by atoms with Crippen molar-refractivity contribution in [2.75, 3.05) is 62.8 Å². The molecule has 0 atom stereocenters. The normalized spacial score (nSPS) is 15.2. The van der Waals surface area contributed by atoms with Gasteiger partial charge in [-0.15, -0.1) is 0 Å². The minimum Gasteiger partial charge on any atom is -0.455 e. The van der Waals surface area contributed by atoms with E-state index in [-0.39, 0.29) is 34.5 Å². The van der Waals surface area contributed by atoms with Crippen LogP contribution in [0.3, 0.4) is 0 Å². The molecule has 12 nitrogen and oxygen atoms in total. The predicted octanol–water partition coefficient (Wildman–Crippen LogP) is 8.46. The second kappa shape index (κ2) is 18.2. The molecule has 5 aromatic carbocycles. The number of piperazine rings is 1. The number of benzene rings is 5. The third kappa shape index (κ3) is 9.57. The maximum atomic E-state index is 13.8. The fourth-order valence-electron chi connectivity index (χ4n) is 7.40. The van der Waals surface area contributed by atoms with Gasteiger partial charge in [-0.1, -0.05) is 71.7 Å². The number of sulfonamides is 1. The summed E-state index contributed by atoms with van der Waals surface area (Å²) in [7, 11) is -2.82. The van der Waals surface area contributed by atoms with E-state index in [1.165, 1.54) is 29.3 Å². The SMILES string of the molecule is CN(c1ccc(S(=O)(=O)NC(=O)c2ccc(N3CCN(CCc4ccccc4-c4ccc(Cl)cc4)CC3)cc2Oc2ccccc2Cl)cc1[N+](=O)[O-])C1CCOCC1. The maximum absolute atomic E-state index is 13.8. The van der Waals surface area contributed by atoms with E-state index in [0.717, 1.165) is 43.4 Å². The highest BCUT2D eigenvalue weighted by molar-refractivity contribution is 7.90. The van der Waals surface area contributed by atoms with Gasteiger partial charge in [-0.3, -0.25) is 19.8 Å². The van der Waals surface area contributed by atoms with Crippen molar-refractivity contribution in [2.24, 2.45) is 0 Å². The minimum atomic E-state index is -4.56. The fraction of sp³-hybridized carbons (Fsp3) is 0.279. The summed E-state index contributed by atoms with van der Waals surface area (Å²) >= 11 is 12.6. The first-order valence-electron chi connectivity index (χ1n) is 19.0. The van der Waals surface area contributed by atoms with Crippen LogP contribution in [0.25, 0.3) is 11.1 Å². The lowest BCUT2D eigenvalue weighted by Crippen LogP contribution is -2.47. The van der Waals surface area contributed by atoms with Gasteiger partial charge in [0.15, 0.2) is 0 Å². The van der Waals surface area contributed by atoms with Crippen LogP contribution in [0.5, 0.6) is 11.5 Å². The molecule has 2 aliphatic rings. The highest BCUT2D eigenvalue weighted by Crippen LogP contribution is 2.36. The fourth-order valence-corrected chi connectivity index (χ4v) is 8.69. The molecule has 0 bridgehead atoms. The summed E-state index contributed by atoms with van der Waals surface area (Å²) in [5.41, 5.74) is 4.19. The summed E-state index contributed by atoms with van der Waals surface area (Å²) < 4.78 is 41.0. The second-order valence-electron chi connectivity index (χ2n) is 14.3. The number of nitro benzene ring substituents is 1. The number of carbonyl (C=O) groups excluding carboxylic acids is 1. The van der Waals surface area contributed by atoms with E-state index in [1.807, 2.05) is 30.3 Å². The molecule has 0 spiro atoms. The van der Waals surface area contributed by atoms with E-state index in [9.17, 15) is 23.3 Å². The minimum absolute atomic E-state index is 0.00697. The van der Waals surface area contributed by atoms with Gasteiger partial charge in [0, 0.05) is 81.9 Å². The predicted molar refractivity (Wildman–Crippen MR) is 227 cm³/mol. The van der Waals surface area contributed by atoms with Crippen molar-refractivity contribution in [1.82, 2.24) is 9.62 Å². The van der Waals surface area contributed by atoms with Gasteiger partial charge >= 0.3 is 0 Å². The Bertz CT molecular complexity index is 2390. The van der Waals surface area contributed by atoms with Crippen LogP contribution < -0.4 is 19.3 Å². The molecule has 2 aliphatic heterocycles. The van der Waals surface area contributed by atoms with Crippen LogP contribution in [0.15, 0.2) is 114 Å². The van der Waals surface area contributed by atoms with Crippen molar-refractivity contribution in [1.29, 1.82) is 0 Å². The first-order valence-corrected chi connectivity index (χ1v) is 21.2. The van der Waals surface area contributed by atoms with Crippen LogP contribution in [0, 0.1) is 10.1 Å². The van der Waals surface area contributed by atoms with Gasteiger partial charge in [-0.25, -0.2) is 13.1 Å². The van der Waals surface area contributed by atoms with Crippen LogP contribution >= 0.6 is 23.2 Å². The van der Waals surface area contributed by atoms with Crippen molar-refractivity contribution in [3.63, 3.8) is 0 Å². The highest BCUT2D eigenvalue weighted by atomic mass is 35.5. The van der Waals surface area contributed by atoms with Crippen LogP contribution in [0.1, 0.15) is 28.8 Å². The van der Waals surface area contributed by atoms with Crippen LogP contribution in [0.4, 0.5) is 17.1 Å². The number of nitrogens with one attached hydrogen (secondary N) is 1.